The molecule has 0 atom stereocenters. The van der Waals surface area contributed by atoms with Gasteiger partial charge < -0.3 is 24.6 Å². The van der Waals surface area contributed by atoms with Crippen molar-refractivity contribution in [3.05, 3.63) is 83.9 Å². The van der Waals surface area contributed by atoms with Gasteiger partial charge in [0.15, 0.2) is 5.11 Å². The molecule has 3 aromatic carbocycles. The topological polar surface area (TPSA) is 37.0 Å². The summed E-state index contributed by atoms with van der Waals surface area (Å²) in [5.74, 6) is 1.63. The fourth-order valence-electron chi connectivity index (χ4n) is 3.17. The second-order valence-electron chi connectivity index (χ2n) is 7.43. The highest BCUT2D eigenvalue weighted by molar-refractivity contribution is 7.80. The zero-order valence-corrected chi connectivity index (χ0v) is 19.3. The highest BCUT2D eigenvalue weighted by Gasteiger charge is 2.13. The van der Waals surface area contributed by atoms with E-state index < -0.39 is 0 Å². The van der Waals surface area contributed by atoms with Gasteiger partial charge in [0.2, 0.25) is 0 Å². The fourth-order valence-corrected chi connectivity index (χ4v) is 3.42. The van der Waals surface area contributed by atoms with Crippen LogP contribution in [0.4, 0.5) is 11.4 Å². The first kappa shape index (κ1) is 22.4. The van der Waals surface area contributed by atoms with Gasteiger partial charge in [0.25, 0.3) is 0 Å². The lowest BCUT2D eigenvalue weighted by Gasteiger charge is -2.27. The van der Waals surface area contributed by atoms with Gasteiger partial charge in [-0.2, -0.15) is 0 Å². The van der Waals surface area contributed by atoms with Gasteiger partial charge in [-0.25, -0.2) is 0 Å². The third kappa shape index (κ3) is 6.36. The number of anilines is 2. The molecule has 0 aliphatic heterocycles. The minimum Gasteiger partial charge on any atom is -0.497 e. The van der Waals surface area contributed by atoms with Crippen LogP contribution >= 0.6 is 12.2 Å². The molecule has 0 fully saturated rings. The van der Waals surface area contributed by atoms with E-state index >= 15 is 0 Å². The second kappa shape index (κ2) is 10.7. The molecule has 0 aliphatic carbocycles. The van der Waals surface area contributed by atoms with Crippen LogP contribution < -0.4 is 19.7 Å². The van der Waals surface area contributed by atoms with Crippen molar-refractivity contribution in [1.29, 1.82) is 0 Å². The standard InChI is InChI=1S/C25H29N3O2S/c1-27(2)22-12-8-19(9-13-22)17-28(18-20-10-14-23(29-3)15-11-20)25(31)26-21-6-5-7-24(16-21)30-4/h5-16H,17-18H2,1-4H3,(H,26,31). The monoisotopic (exact) mass is 435 g/mol. The maximum absolute atomic E-state index is 5.79. The van der Waals surface area contributed by atoms with Crippen LogP contribution in [0.25, 0.3) is 0 Å². The van der Waals surface area contributed by atoms with E-state index in [1.54, 1.807) is 14.2 Å². The molecular formula is C25H29N3O2S. The number of hydrogen-bond donors (Lipinski definition) is 1. The third-order valence-electron chi connectivity index (χ3n) is 4.97. The molecule has 5 nitrogen and oxygen atoms in total. The number of rotatable bonds is 8. The van der Waals surface area contributed by atoms with Crippen molar-refractivity contribution in [2.24, 2.45) is 0 Å². The number of thiocarbonyl (C=S) groups is 1. The molecule has 0 saturated carbocycles. The molecule has 0 saturated heterocycles. The van der Waals surface area contributed by atoms with Crippen LogP contribution in [0.2, 0.25) is 0 Å². The summed E-state index contributed by atoms with van der Waals surface area (Å²) >= 11 is 5.79. The van der Waals surface area contributed by atoms with Crippen LogP contribution in [0, 0.1) is 0 Å². The molecule has 3 rings (SSSR count). The largest absolute Gasteiger partial charge is 0.497 e. The number of methoxy groups -OCH3 is 2. The third-order valence-corrected chi connectivity index (χ3v) is 5.33. The van der Waals surface area contributed by atoms with Gasteiger partial charge in [-0.1, -0.05) is 30.3 Å². The highest BCUT2D eigenvalue weighted by Crippen LogP contribution is 2.20. The molecule has 0 amide bonds. The number of nitrogens with one attached hydrogen (secondary N) is 1. The van der Waals surface area contributed by atoms with Crippen molar-refractivity contribution < 1.29 is 9.47 Å². The minimum absolute atomic E-state index is 0.653. The van der Waals surface area contributed by atoms with Gasteiger partial charge in [0.05, 0.1) is 14.2 Å². The smallest absolute Gasteiger partial charge is 0.174 e. The first-order valence-electron chi connectivity index (χ1n) is 10.1. The van der Waals surface area contributed by atoms with E-state index in [1.807, 2.05) is 50.5 Å². The summed E-state index contributed by atoms with van der Waals surface area (Å²) in [7, 11) is 7.41. The predicted octanol–water partition coefficient (Wildman–Crippen LogP) is 5.17. The molecule has 31 heavy (non-hydrogen) atoms. The summed E-state index contributed by atoms with van der Waals surface area (Å²) in [4.78, 5) is 4.25. The molecule has 0 aliphatic rings. The van der Waals surface area contributed by atoms with Crippen LogP contribution in [0.3, 0.4) is 0 Å². The average molecular weight is 436 g/mol. The number of hydrogen-bond acceptors (Lipinski definition) is 4. The van der Waals surface area contributed by atoms with Gasteiger partial charge in [0, 0.05) is 44.6 Å². The molecule has 0 heterocycles. The van der Waals surface area contributed by atoms with Crippen molar-refractivity contribution >= 4 is 28.7 Å². The first-order valence-corrected chi connectivity index (χ1v) is 10.5. The van der Waals surface area contributed by atoms with E-state index in [9.17, 15) is 0 Å². The number of nitrogens with zero attached hydrogens (tertiary/aromatic N) is 2. The van der Waals surface area contributed by atoms with Crippen molar-refractivity contribution in [1.82, 2.24) is 4.90 Å². The Morgan fingerprint density at radius 3 is 1.94 bits per heavy atom. The molecule has 0 unspecified atom stereocenters. The van der Waals surface area contributed by atoms with Crippen LogP contribution in [0.5, 0.6) is 11.5 Å². The van der Waals surface area contributed by atoms with E-state index in [1.165, 1.54) is 11.3 Å². The first-order chi connectivity index (χ1) is 15.0. The van der Waals surface area contributed by atoms with E-state index in [2.05, 4.69) is 51.5 Å². The van der Waals surface area contributed by atoms with E-state index in [0.717, 1.165) is 22.7 Å². The molecule has 0 spiro atoms. The second-order valence-corrected chi connectivity index (χ2v) is 7.81. The molecule has 0 bridgehead atoms. The fraction of sp³-hybridized carbons (Fsp3) is 0.240. The number of benzene rings is 3. The van der Waals surface area contributed by atoms with Crippen molar-refractivity contribution in [3.8, 4) is 11.5 Å². The summed E-state index contributed by atoms with van der Waals surface area (Å²) in [5, 5.41) is 4.01. The Labute approximate surface area is 190 Å². The molecule has 3 aromatic rings. The van der Waals surface area contributed by atoms with E-state index in [4.69, 9.17) is 21.7 Å². The van der Waals surface area contributed by atoms with Gasteiger partial charge >= 0.3 is 0 Å². The van der Waals surface area contributed by atoms with Crippen molar-refractivity contribution in [2.75, 3.05) is 38.5 Å². The predicted molar refractivity (Wildman–Crippen MR) is 132 cm³/mol. The average Bonchev–Trinajstić information content (AvgIpc) is 2.79. The van der Waals surface area contributed by atoms with Gasteiger partial charge in [0.1, 0.15) is 11.5 Å². The van der Waals surface area contributed by atoms with Crippen LogP contribution in [-0.2, 0) is 13.1 Å². The van der Waals surface area contributed by atoms with Crippen LogP contribution in [-0.4, -0.2) is 38.3 Å². The Morgan fingerprint density at radius 2 is 1.39 bits per heavy atom. The Balaban J connectivity index is 1.80. The van der Waals surface area contributed by atoms with E-state index in [-0.39, 0.29) is 0 Å². The molecule has 1 N–H and O–H groups in total. The Bertz CT molecular complexity index is 988. The van der Waals surface area contributed by atoms with Crippen LogP contribution in [0.1, 0.15) is 11.1 Å². The zero-order valence-electron chi connectivity index (χ0n) is 18.5. The summed E-state index contributed by atoms with van der Waals surface area (Å²) in [5.41, 5.74) is 4.41. The quantitative estimate of drug-likeness (QED) is 0.492. The normalized spacial score (nSPS) is 10.3. The highest BCUT2D eigenvalue weighted by atomic mass is 32.1. The minimum atomic E-state index is 0.653. The maximum atomic E-state index is 5.79. The molecular weight excluding hydrogens is 406 g/mol. The van der Waals surface area contributed by atoms with Crippen molar-refractivity contribution in [3.63, 3.8) is 0 Å². The summed E-state index contributed by atoms with van der Waals surface area (Å²) in [6.45, 7) is 1.37. The zero-order chi connectivity index (χ0) is 22.2. The van der Waals surface area contributed by atoms with Gasteiger partial charge in [-0.05, 0) is 59.7 Å². The Hall–Kier alpha value is -3.25. The van der Waals surface area contributed by atoms with Crippen molar-refractivity contribution in [2.45, 2.75) is 13.1 Å². The lowest BCUT2D eigenvalue weighted by molar-refractivity contribution is 0.407. The molecule has 6 heteroatoms. The number of ether oxygens (including phenoxy) is 2. The molecule has 0 aromatic heterocycles. The van der Waals surface area contributed by atoms with Gasteiger partial charge in [-0.3, -0.25) is 0 Å². The summed E-state index contributed by atoms with van der Waals surface area (Å²) < 4.78 is 10.6. The molecule has 162 valence electrons. The summed E-state index contributed by atoms with van der Waals surface area (Å²) in [6, 6.07) is 24.4. The summed E-state index contributed by atoms with van der Waals surface area (Å²) in [6.07, 6.45) is 0. The SMILES string of the molecule is COc1ccc(CN(Cc2ccc(N(C)C)cc2)C(=S)Nc2cccc(OC)c2)cc1. The van der Waals surface area contributed by atoms with E-state index in [0.29, 0.717) is 18.2 Å². The lowest BCUT2D eigenvalue weighted by atomic mass is 10.1. The maximum Gasteiger partial charge on any atom is 0.174 e. The van der Waals surface area contributed by atoms with Crippen LogP contribution in [0.15, 0.2) is 72.8 Å². The Kier molecular flexibility index (Phi) is 7.73. The Morgan fingerprint density at radius 1 is 0.806 bits per heavy atom. The lowest BCUT2D eigenvalue weighted by Crippen LogP contribution is -2.33. The molecule has 0 radical (unpaired) electrons. The van der Waals surface area contributed by atoms with Gasteiger partial charge in [-0.15, -0.1) is 0 Å².